The lowest BCUT2D eigenvalue weighted by Crippen LogP contribution is -2.00. The van der Waals surface area contributed by atoms with E-state index in [2.05, 4.69) is 137 Å². The lowest BCUT2D eigenvalue weighted by Gasteiger charge is -2.11. The minimum Gasteiger partial charge on any atom is -0.309 e. The Labute approximate surface area is 331 Å². The first-order valence-electron chi connectivity index (χ1n) is 19.1. The van der Waals surface area contributed by atoms with Gasteiger partial charge in [0.1, 0.15) is 0 Å². The molecule has 57 heavy (non-hydrogen) atoms. The molecule has 0 bridgehead atoms. The van der Waals surface area contributed by atoms with Crippen molar-refractivity contribution in [1.82, 2.24) is 24.1 Å². The highest BCUT2D eigenvalue weighted by Crippen LogP contribution is 2.41. The third kappa shape index (κ3) is 5.04. The van der Waals surface area contributed by atoms with Crippen molar-refractivity contribution < 1.29 is 0 Å². The van der Waals surface area contributed by atoms with Gasteiger partial charge in [0.2, 0.25) is 0 Å². The number of para-hydroxylation sites is 2. The summed E-state index contributed by atoms with van der Waals surface area (Å²) in [5, 5.41) is 7.49. The predicted molar refractivity (Wildman–Crippen MR) is 238 cm³/mol. The van der Waals surface area contributed by atoms with Gasteiger partial charge in [-0.05, 0) is 72.8 Å². The van der Waals surface area contributed by atoms with Crippen LogP contribution in [0.1, 0.15) is 0 Å². The first kappa shape index (κ1) is 31.9. The number of hydrogen-bond acceptors (Lipinski definition) is 4. The molecule has 0 aliphatic carbocycles. The zero-order chi connectivity index (χ0) is 37.5. The third-order valence-electron chi connectivity index (χ3n) is 11.2. The molecule has 0 radical (unpaired) electrons. The summed E-state index contributed by atoms with van der Waals surface area (Å²) in [7, 11) is 0. The van der Waals surface area contributed by atoms with Gasteiger partial charge in [0.05, 0.1) is 22.1 Å². The second kappa shape index (κ2) is 12.6. The van der Waals surface area contributed by atoms with Crippen LogP contribution in [-0.2, 0) is 0 Å². The quantitative estimate of drug-likeness (QED) is 0.176. The van der Waals surface area contributed by atoms with Crippen LogP contribution in [0.4, 0.5) is 0 Å². The van der Waals surface area contributed by atoms with E-state index < -0.39 is 0 Å². The Balaban J connectivity index is 1.04. The zero-order valence-electron chi connectivity index (χ0n) is 30.5. The van der Waals surface area contributed by atoms with E-state index in [1.807, 2.05) is 72.0 Å². The highest BCUT2D eigenvalue weighted by atomic mass is 32.1. The van der Waals surface area contributed by atoms with Gasteiger partial charge in [0.25, 0.3) is 0 Å². The van der Waals surface area contributed by atoms with Gasteiger partial charge in [0, 0.05) is 69.8 Å². The van der Waals surface area contributed by atoms with Crippen molar-refractivity contribution in [2.75, 3.05) is 0 Å². The Morgan fingerprint density at radius 1 is 0.298 bits per heavy atom. The summed E-state index contributed by atoms with van der Waals surface area (Å²) in [5.41, 5.74) is 9.78. The van der Waals surface area contributed by atoms with Gasteiger partial charge in [-0.2, -0.15) is 0 Å². The smallest absolute Gasteiger partial charge is 0.164 e. The molecule has 0 aliphatic rings. The highest BCUT2D eigenvalue weighted by Gasteiger charge is 2.20. The van der Waals surface area contributed by atoms with Gasteiger partial charge in [-0.1, -0.05) is 115 Å². The van der Waals surface area contributed by atoms with E-state index in [1.54, 1.807) is 0 Å². The molecule has 12 aromatic rings. The third-order valence-corrected chi connectivity index (χ3v) is 12.3. The molecule has 12 rings (SSSR count). The van der Waals surface area contributed by atoms with Gasteiger partial charge < -0.3 is 9.13 Å². The van der Waals surface area contributed by atoms with Crippen LogP contribution in [0, 0.1) is 0 Å². The van der Waals surface area contributed by atoms with Crippen LogP contribution in [-0.4, -0.2) is 24.1 Å². The zero-order valence-corrected chi connectivity index (χ0v) is 31.4. The maximum absolute atomic E-state index is 4.98. The normalized spacial score (nSPS) is 11.9. The maximum atomic E-state index is 4.98. The topological polar surface area (TPSA) is 48.5 Å². The molecular formula is C51H31N5S. The molecule has 0 saturated carbocycles. The van der Waals surface area contributed by atoms with Gasteiger partial charge in [-0.25, -0.2) is 15.0 Å². The molecule has 0 spiro atoms. The molecule has 8 aromatic carbocycles. The fourth-order valence-electron chi connectivity index (χ4n) is 8.54. The van der Waals surface area contributed by atoms with Crippen LogP contribution < -0.4 is 0 Å². The lowest BCUT2D eigenvalue weighted by atomic mass is 10.1. The van der Waals surface area contributed by atoms with Crippen molar-refractivity contribution in [1.29, 1.82) is 0 Å². The van der Waals surface area contributed by atoms with E-state index >= 15 is 0 Å². The summed E-state index contributed by atoms with van der Waals surface area (Å²) in [6, 6.07) is 66.8. The number of aromatic nitrogens is 5. The summed E-state index contributed by atoms with van der Waals surface area (Å²) in [5.74, 6) is 1.94. The minimum atomic E-state index is 0.639. The van der Waals surface area contributed by atoms with Crippen molar-refractivity contribution in [2.24, 2.45) is 0 Å². The number of nitrogens with zero attached hydrogens (tertiary/aromatic N) is 5. The molecule has 5 nitrogen and oxygen atoms in total. The molecule has 0 saturated heterocycles. The van der Waals surface area contributed by atoms with Crippen LogP contribution in [0.15, 0.2) is 188 Å². The van der Waals surface area contributed by atoms with Crippen LogP contribution in [0.25, 0.3) is 109 Å². The fourth-order valence-corrected chi connectivity index (χ4v) is 9.62. The van der Waals surface area contributed by atoms with E-state index in [0.717, 1.165) is 33.4 Å². The largest absolute Gasteiger partial charge is 0.309 e. The van der Waals surface area contributed by atoms with Crippen LogP contribution in [0.5, 0.6) is 0 Å². The lowest BCUT2D eigenvalue weighted by molar-refractivity contribution is 1.07. The number of benzene rings is 8. The average molecular weight is 746 g/mol. The second-order valence-electron chi connectivity index (χ2n) is 14.5. The van der Waals surface area contributed by atoms with Gasteiger partial charge in [0.15, 0.2) is 17.5 Å². The second-order valence-corrected chi connectivity index (χ2v) is 15.5. The number of rotatable bonds is 5. The van der Waals surface area contributed by atoms with Gasteiger partial charge in [-0.15, -0.1) is 11.3 Å². The predicted octanol–water partition coefficient (Wildman–Crippen LogP) is 13.4. The number of hydrogen-bond donors (Lipinski definition) is 0. The van der Waals surface area contributed by atoms with E-state index in [9.17, 15) is 0 Å². The summed E-state index contributed by atoms with van der Waals surface area (Å²) in [6.07, 6.45) is 0. The molecule has 0 N–H and O–H groups in total. The van der Waals surface area contributed by atoms with E-state index in [4.69, 9.17) is 15.0 Å². The summed E-state index contributed by atoms with van der Waals surface area (Å²) < 4.78 is 7.46. The van der Waals surface area contributed by atoms with E-state index in [-0.39, 0.29) is 0 Å². The minimum absolute atomic E-state index is 0.639. The van der Waals surface area contributed by atoms with Crippen molar-refractivity contribution in [3.8, 4) is 45.5 Å². The van der Waals surface area contributed by atoms with Crippen LogP contribution in [0.2, 0.25) is 0 Å². The van der Waals surface area contributed by atoms with Crippen molar-refractivity contribution in [2.45, 2.75) is 0 Å². The number of thiophene rings is 1. The summed E-state index contributed by atoms with van der Waals surface area (Å²) in [4.78, 5) is 14.8. The average Bonchev–Trinajstić information content (AvgIpc) is 3.93. The molecule has 0 amide bonds. The van der Waals surface area contributed by atoms with Crippen molar-refractivity contribution in [3.63, 3.8) is 0 Å². The van der Waals surface area contributed by atoms with Crippen LogP contribution >= 0.6 is 11.3 Å². The molecular weight excluding hydrogens is 715 g/mol. The maximum Gasteiger partial charge on any atom is 0.164 e. The summed E-state index contributed by atoms with van der Waals surface area (Å²) in [6.45, 7) is 0. The molecule has 0 fully saturated rings. The highest BCUT2D eigenvalue weighted by molar-refractivity contribution is 7.25. The monoisotopic (exact) mass is 745 g/mol. The molecule has 0 atom stereocenters. The van der Waals surface area contributed by atoms with E-state index in [0.29, 0.717) is 17.5 Å². The Kier molecular flexibility index (Phi) is 7.03. The SMILES string of the molecule is c1ccc(-c2nc(-c3ccccc3)nc(-c3ccc(-n4c5ccccc5c5cc6c(cc54)c4ccccc4n6-c4ccc5sc6ccccc6c5c4)cc3)n2)cc1. The molecule has 266 valence electrons. The Hall–Kier alpha value is -7.41. The van der Waals surface area contributed by atoms with Crippen molar-refractivity contribution >= 4 is 75.1 Å². The summed E-state index contributed by atoms with van der Waals surface area (Å²) >= 11 is 1.86. The van der Waals surface area contributed by atoms with Crippen molar-refractivity contribution in [3.05, 3.63) is 188 Å². The van der Waals surface area contributed by atoms with E-state index in [1.165, 1.54) is 58.4 Å². The molecule has 4 heterocycles. The number of fused-ring (bicyclic) bond motifs is 9. The Morgan fingerprint density at radius 2 is 0.737 bits per heavy atom. The standard InChI is InChI=1S/C51H31N5S/c1-3-13-32(14-4-1)49-52-50(33-15-5-2-6-16-33)54-51(53-49)34-23-25-35(26-24-34)55-43-20-10-7-17-37(43)40-31-46-41(30-45(40)55)38-18-8-11-21-44(38)56(46)36-27-28-48-42(29-36)39-19-9-12-22-47(39)57-48/h1-31H. The first-order chi connectivity index (χ1) is 28.2. The molecule has 6 heteroatoms. The van der Waals surface area contributed by atoms with Gasteiger partial charge in [-0.3, -0.25) is 0 Å². The van der Waals surface area contributed by atoms with Crippen LogP contribution in [0.3, 0.4) is 0 Å². The first-order valence-corrected chi connectivity index (χ1v) is 19.9. The Bertz CT molecular complexity index is 3450. The fraction of sp³-hybridized carbons (Fsp3) is 0. The molecule has 0 unspecified atom stereocenters. The molecule has 4 aromatic heterocycles. The molecule has 0 aliphatic heterocycles. The Morgan fingerprint density at radius 3 is 1.32 bits per heavy atom. The van der Waals surface area contributed by atoms with Gasteiger partial charge >= 0.3 is 0 Å².